The van der Waals surface area contributed by atoms with Crippen LogP contribution >= 0.6 is 12.2 Å². The van der Waals surface area contributed by atoms with Gasteiger partial charge >= 0.3 is 6.61 Å². The van der Waals surface area contributed by atoms with Gasteiger partial charge in [0.1, 0.15) is 5.75 Å². The molecule has 8 heteroatoms. The first-order valence-corrected chi connectivity index (χ1v) is 7.51. The molecule has 2 aromatic rings. The molecule has 0 fully saturated rings. The fraction of sp³-hybridized carbons (Fsp3) is 0.333. The van der Waals surface area contributed by atoms with E-state index in [-0.39, 0.29) is 5.75 Å². The standard InChI is InChI=1S/C15H18F2N4OS/c1-3-21-11(6-7-19-21)9-18-15(23)20-12-8-10(2)4-5-13(12)22-14(16)17/h4-8,14H,3,9H2,1-2H3,(H2,18,20,23). The van der Waals surface area contributed by atoms with Crippen molar-refractivity contribution in [2.45, 2.75) is 33.5 Å². The largest absolute Gasteiger partial charge is 0.433 e. The summed E-state index contributed by atoms with van der Waals surface area (Å²) in [5.41, 5.74) is 2.28. The molecule has 0 aliphatic carbocycles. The van der Waals surface area contributed by atoms with Crippen LogP contribution in [0, 0.1) is 6.92 Å². The normalized spacial score (nSPS) is 10.7. The average Bonchev–Trinajstić information content (AvgIpc) is 2.95. The highest BCUT2D eigenvalue weighted by Gasteiger charge is 2.11. The van der Waals surface area contributed by atoms with Crippen LogP contribution in [0.15, 0.2) is 30.5 Å². The molecule has 1 aromatic carbocycles. The van der Waals surface area contributed by atoms with Crippen molar-refractivity contribution in [1.82, 2.24) is 15.1 Å². The van der Waals surface area contributed by atoms with Crippen molar-refractivity contribution in [1.29, 1.82) is 0 Å². The van der Waals surface area contributed by atoms with Crippen LogP contribution in [-0.2, 0) is 13.1 Å². The highest BCUT2D eigenvalue weighted by Crippen LogP contribution is 2.27. The van der Waals surface area contributed by atoms with Crippen molar-refractivity contribution in [3.8, 4) is 5.75 Å². The number of alkyl halides is 2. The van der Waals surface area contributed by atoms with Crippen LogP contribution in [-0.4, -0.2) is 21.5 Å². The summed E-state index contributed by atoms with van der Waals surface area (Å²) in [6.07, 6.45) is 1.71. The van der Waals surface area contributed by atoms with Gasteiger partial charge in [-0.3, -0.25) is 4.68 Å². The zero-order chi connectivity index (χ0) is 16.8. The van der Waals surface area contributed by atoms with Crippen molar-refractivity contribution in [3.63, 3.8) is 0 Å². The number of anilines is 1. The van der Waals surface area contributed by atoms with Gasteiger partial charge in [-0.2, -0.15) is 13.9 Å². The lowest BCUT2D eigenvalue weighted by molar-refractivity contribution is -0.0493. The third-order valence-corrected chi connectivity index (χ3v) is 3.38. The average molecular weight is 340 g/mol. The van der Waals surface area contributed by atoms with Crippen LogP contribution in [0.1, 0.15) is 18.2 Å². The molecule has 23 heavy (non-hydrogen) atoms. The number of aryl methyl sites for hydroxylation is 2. The molecule has 2 N–H and O–H groups in total. The number of nitrogens with one attached hydrogen (secondary N) is 2. The van der Waals surface area contributed by atoms with E-state index < -0.39 is 6.61 Å². The SMILES string of the molecule is CCn1nccc1CNC(=S)Nc1cc(C)ccc1OC(F)F. The van der Waals surface area contributed by atoms with Crippen molar-refractivity contribution in [2.75, 3.05) is 5.32 Å². The Kier molecular flexibility index (Phi) is 5.86. The zero-order valence-corrected chi connectivity index (χ0v) is 13.7. The van der Waals surface area contributed by atoms with Gasteiger partial charge in [0.25, 0.3) is 0 Å². The number of benzene rings is 1. The third-order valence-electron chi connectivity index (χ3n) is 3.13. The van der Waals surface area contributed by atoms with Gasteiger partial charge in [0, 0.05) is 12.7 Å². The number of hydrogen-bond acceptors (Lipinski definition) is 3. The molecule has 1 heterocycles. The number of ether oxygens (including phenoxy) is 1. The van der Waals surface area contributed by atoms with Gasteiger partial charge < -0.3 is 15.4 Å². The van der Waals surface area contributed by atoms with E-state index in [0.717, 1.165) is 17.8 Å². The first-order valence-electron chi connectivity index (χ1n) is 7.10. The summed E-state index contributed by atoms with van der Waals surface area (Å²) in [5, 5.41) is 10.4. The summed E-state index contributed by atoms with van der Waals surface area (Å²) in [4.78, 5) is 0. The first-order chi connectivity index (χ1) is 11.0. The van der Waals surface area contributed by atoms with Gasteiger partial charge in [-0.15, -0.1) is 0 Å². The predicted molar refractivity (Wildman–Crippen MR) is 88.8 cm³/mol. The minimum absolute atomic E-state index is 0.0494. The number of hydrogen-bond donors (Lipinski definition) is 2. The molecular weight excluding hydrogens is 322 g/mol. The van der Waals surface area contributed by atoms with E-state index in [1.165, 1.54) is 6.07 Å². The van der Waals surface area contributed by atoms with Gasteiger partial charge in [0.2, 0.25) is 0 Å². The van der Waals surface area contributed by atoms with Crippen LogP contribution in [0.25, 0.3) is 0 Å². The molecule has 0 radical (unpaired) electrons. The summed E-state index contributed by atoms with van der Waals surface area (Å²) >= 11 is 5.21. The number of rotatable bonds is 6. The van der Waals surface area contributed by atoms with Crippen LogP contribution in [0.3, 0.4) is 0 Å². The Hall–Kier alpha value is -2.22. The maximum Gasteiger partial charge on any atom is 0.387 e. The fourth-order valence-electron chi connectivity index (χ4n) is 2.07. The van der Waals surface area contributed by atoms with E-state index in [1.54, 1.807) is 18.3 Å². The first kappa shape index (κ1) is 17.1. The highest BCUT2D eigenvalue weighted by molar-refractivity contribution is 7.80. The molecule has 0 saturated heterocycles. The molecule has 0 spiro atoms. The molecule has 0 amide bonds. The van der Waals surface area contributed by atoms with E-state index in [4.69, 9.17) is 12.2 Å². The molecule has 1 aromatic heterocycles. The van der Waals surface area contributed by atoms with Gasteiger partial charge in [-0.25, -0.2) is 0 Å². The van der Waals surface area contributed by atoms with E-state index in [2.05, 4.69) is 20.5 Å². The van der Waals surface area contributed by atoms with Crippen molar-refractivity contribution < 1.29 is 13.5 Å². The predicted octanol–water partition coefficient (Wildman–Crippen LogP) is 3.30. The van der Waals surface area contributed by atoms with E-state index in [9.17, 15) is 8.78 Å². The Morgan fingerprint density at radius 2 is 2.17 bits per heavy atom. The molecule has 5 nitrogen and oxygen atoms in total. The van der Waals surface area contributed by atoms with Crippen LogP contribution in [0.4, 0.5) is 14.5 Å². The molecule has 0 aliphatic rings. The summed E-state index contributed by atoms with van der Waals surface area (Å²) in [5.74, 6) is 0.0494. The molecule has 0 unspecified atom stereocenters. The van der Waals surface area contributed by atoms with Gasteiger partial charge in [-0.05, 0) is 49.8 Å². The molecule has 124 valence electrons. The minimum atomic E-state index is -2.89. The minimum Gasteiger partial charge on any atom is -0.433 e. The van der Waals surface area contributed by atoms with Gasteiger partial charge in [0.05, 0.1) is 17.9 Å². The molecular formula is C15H18F2N4OS. The van der Waals surface area contributed by atoms with Crippen LogP contribution in [0.5, 0.6) is 5.75 Å². The summed E-state index contributed by atoms with van der Waals surface area (Å²) < 4.78 is 31.2. The quantitative estimate of drug-likeness (QED) is 0.790. The molecule has 2 rings (SSSR count). The summed E-state index contributed by atoms with van der Waals surface area (Å²) in [6, 6.07) is 6.76. The number of nitrogens with zero attached hydrogens (tertiary/aromatic N) is 2. The Bertz CT molecular complexity index is 675. The third kappa shape index (κ3) is 4.88. The lowest BCUT2D eigenvalue weighted by Crippen LogP contribution is -2.29. The molecule has 0 atom stereocenters. The molecule has 0 bridgehead atoms. The Balaban J connectivity index is 2.01. The second-order valence-electron chi connectivity index (χ2n) is 4.82. The number of aromatic nitrogens is 2. The van der Waals surface area contributed by atoms with E-state index in [0.29, 0.717) is 17.3 Å². The van der Waals surface area contributed by atoms with Crippen molar-refractivity contribution in [2.24, 2.45) is 0 Å². The Morgan fingerprint density at radius 3 is 2.87 bits per heavy atom. The second kappa shape index (κ2) is 7.87. The Labute approximate surface area is 138 Å². The van der Waals surface area contributed by atoms with E-state index in [1.807, 2.05) is 24.6 Å². The lowest BCUT2D eigenvalue weighted by Gasteiger charge is -2.15. The summed E-state index contributed by atoms with van der Waals surface area (Å²) in [6.45, 7) is 2.20. The van der Waals surface area contributed by atoms with Gasteiger partial charge in [0.15, 0.2) is 5.11 Å². The topological polar surface area (TPSA) is 51.1 Å². The lowest BCUT2D eigenvalue weighted by atomic mass is 10.2. The van der Waals surface area contributed by atoms with E-state index >= 15 is 0 Å². The maximum absolute atomic E-state index is 12.4. The fourth-order valence-corrected chi connectivity index (χ4v) is 2.25. The smallest absolute Gasteiger partial charge is 0.387 e. The molecule has 0 saturated carbocycles. The monoisotopic (exact) mass is 340 g/mol. The summed E-state index contributed by atoms with van der Waals surface area (Å²) in [7, 11) is 0. The van der Waals surface area contributed by atoms with Gasteiger partial charge in [-0.1, -0.05) is 6.07 Å². The maximum atomic E-state index is 12.4. The van der Waals surface area contributed by atoms with Crippen molar-refractivity contribution >= 4 is 23.0 Å². The zero-order valence-electron chi connectivity index (χ0n) is 12.8. The molecule has 0 aliphatic heterocycles. The Morgan fingerprint density at radius 1 is 1.39 bits per heavy atom. The number of thiocarbonyl (C=S) groups is 1. The second-order valence-corrected chi connectivity index (χ2v) is 5.23. The van der Waals surface area contributed by atoms with Crippen LogP contribution < -0.4 is 15.4 Å². The van der Waals surface area contributed by atoms with Crippen LogP contribution in [0.2, 0.25) is 0 Å². The highest BCUT2D eigenvalue weighted by atomic mass is 32.1. The van der Waals surface area contributed by atoms with Crippen molar-refractivity contribution in [3.05, 3.63) is 41.7 Å². The number of halogens is 2.